The predicted molar refractivity (Wildman–Crippen MR) is 97.1 cm³/mol. The molecule has 4 heteroatoms. The van der Waals surface area contributed by atoms with E-state index in [0.717, 1.165) is 23.2 Å². The van der Waals surface area contributed by atoms with E-state index >= 15 is 0 Å². The quantitative estimate of drug-likeness (QED) is 0.888. The molecule has 0 aliphatic heterocycles. The molecular formula is C20H24N2O2. The van der Waals surface area contributed by atoms with Crippen molar-refractivity contribution < 1.29 is 9.59 Å². The highest BCUT2D eigenvalue weighted by molar-refractivity contribution is 5.98. The highest BCUT2D eigenvalue weighted by Crippen LogP contribution is 2.21. The van der Waals surface area contributed by atoms with Crippen LogP contribution in [0.4, 0.5) is 5.69 Å². The lowest BCUT2D eigenvalue weighted by molar-refractivity contribution is -0.123. The van der Waals surface area contributed by atoms with Crippen molar-refractivity contribution in [3.63, 3.8) is 0 Å². The van der Waals surface area contributed by atoms with Gasteiger partial charge in [-0.1, -0.05) is 42.5 Å². The van der Waals surface area contributed by atoms with Crippen molar-refractivity contribution in [2.75, 3.05) is 18.0 Å². The summed E-state index contributed by atoms with van der Waals surface area (Å²) in [5, 5.41) is 2.89. The van der Waals surface area contributed by atoms with Crippen molar-refractivity contribution in [2.24, 2.45) is 0 Å². The molecule has 1 N–H and O–H groups in total. The van der Waals surface area contributed by atoms with E-state index in [9.17, 15) is 9.59 Å². The van der Waals surface area contributed by atoms with Crippen molar-refractivity contribution in [3.05, 3.63) is 65.2 Å². The maximum absolute atomic E-state index is 12.2. The summed E-state index contributed by atoms with van der Waals surface area (Å²) in [5.41, 5.74) is 4.01. The summed E-state index contributed by atoms with van der Waals surface area (Å²) in [7, 11) is 0. The summed E-state index contributed by atoms with van der Waals surface area (Å²) < 4.78 is 0. The Bertz CT molecular complexity index is 711. The van der Waals surface area contributed by atoms with Gasteiger partial charge in [0.2, 0.25) is 11.8 Å². The fourth-order valence-electron chi connectivity index (χ4n) is 2.57. The van der Waals surface area contributed by atoms with Gasteiger partial charge in [0.05, 0.1) is 0 Å². The number of rotatable bonds is 6. The van der Waals surface area contributed by atoms with Gasteiger partial charge in [-0.3, -0.25) is 9.59 Å². The number of carbonyl (C=O) groups excluding carboxylic acids is 2. The number of nitrogens with zero attached hydrogens (tertiary/aromatic N) is 1. The largest absolute Gasteiger partial charge is 0.354 e. The molecule has 2 amide bonds. The normalized spacial score (nSPS) is 10.3. The smallest absolute Gasteiger partial charge is 0.240 e. The van der Waals surface area contributed by atoms with Crippen LogP contribution in [0.15, 0.2) is 48.5 Å². The Hall–Kier alpha value is -2.62. The van der Waals surface area contributed by atoms with Crippen LogP contribution in [0.1, 0.15) is 23.6 Å². The number of carbonyl (C=O) groups is 2. The summed E-state index contributed by atoms with van der Waals surface area (Å²) >= 11 is 0. The number of hydrogen-bond donors (Lipinski definition) is 1. The predicted octanol–water partition coefficient (Wildman–Crippen LogP) is 3.02. The van der Waals surface area contributed by atoms with Gasteiger partial charge in [0, 0.05) is 19.2 Å². The van der Waals surface area contributed by atoms with Gasteiger partial charge in [-0.25, -0.2) is 0 Å². The van der Waals surface area contributed by atoms with E-state index in [-0.39, 0.29) is 18.4 Å². The Morgan fingerprint density at radius 1 is 1.04 bits per heavy atom. The number of aryl methyl sites for hydroxylation is 2. The number of hydrogen-bond acceptors (Lipinski definition) is 2. The van der Waals surface area contributed by atoms with Gasteiger partial charge in [-0.15, -0.1) is 0 Å². The first-order chi connectivity index (χ1) is 11.5. The average Bonchev–Trinajstić information content (AvgIpc) is 2.56. The summed E-state index contributed by atoms with van der Waals surface area (Å²) in [6.07, 6.45) is 0.774. The van der Waals surface area contributed by atoms with Crippen LogP contribution in [-0.2, 0) is 16.0 Å². The zero-order valence-electron chi connectivity index (χ0n) is 14.5. The fraction of sp³-hybridized carbons (Fsp3) is 0.300. The van der Waals surface area contributed by atoms with Gasteiger partial charge in [-0.05, 0) is 43.0 Å². The molecule has 0 fully saturated rings. The Morgan fingerprint density at radius 2 is 1.75 bits per heavy atom. The average molecular weight is 324 g/mol. The van der Waals surface area contributed by atoms with E-state index in [1.165, 1.54) is 17.4 Å². The van der Waals surface area contributed by atoms with E-state index in [0.29, 0.717) is 6.54 Å². The van der Waals surface area contributed by atoms with Gasteiger partial charge in [0.1, 0.15) is 6.54 Å². The molecule has 0 unspecified atom stereocenters. The van der Waals surface area contributed by atoms with Crippen LogP contribution in [0.5, 0.6) is 0 Å². The van der Waals surface area contributed by atoms with Crippen LogP contribution in [0, 0.1) is 13.8 Å². The van der Waals surface area contributed by atoms with E-state index in [2.05, 4.69) is 5.32 Å². The molecule has 0 saturated carbocycles. The van der Waals surface area contributed by atoms with Gasteiger partial charge in [-0.2, -0.15) is 0 Å². The van der Waals surface area contributed by atoms with Crippen molar-refractivity contribution in [2.45, 2.75) is 27.2 Å². The van der Waals surface area contributed by atoms with Gasteiger partial charge in [0.15, 0.2) is 0 Å². The van der Waals surface area contributed by atoms with Crippen LogP contribution in [0.2, 0.25) is 0 Å². The maximum Gasteiger partial charge on any atom is 0.240 e. The second kappa shape index (κ2) is 8.29. The third-order valence-corrected chi connectivity index (χ3v) is 3.92. The Morgan fingerprint density at radius 3 is 2.42 bits per heavy atom. The third-order valence-electron chi connectivity index (χ3n) is 3.92. The first-order valence-electron chi connectivity index (χ1n) is 8.13. The molecule has 126 valence electrons. The van der Waals surface area contributed by atoms with Crippen LogP contribution in [0.25, 0.3) is 0 Å². The highest BCUT2D eigenvalue weighted by Gasteiger charge is 2.17. The van der Waals surface area contributed by atoms with Gasteiger partial charge < -0.3 is 10.2 Å². The zero-order valence-corrected chi connectivity index (χ0v) is 14.5. The standard InChI is InChI=1S/C20H24N2O2/c1-15-9-10-16(2)19(13-15)22(17(3)23)14-20(24)21-12-11-18-7-5-4-6-8-18/h4-10,13H,11-12,14H2,1-3H3,(H,21,24). The molecule has 0 aliphatic carbocycles. The highest BCUT2D eigenvalue weighted by atomic mass is 16.2. The van der Waals surface area contributed by atoms with Crippen LogP contribution in [-0.4, -0.2) is 24.9 Å². The van der Waals surface area contributed by atoms with Gasteiger partial charge in [0.25, 0.3) is 0 Å². The summed E-state index contributed by atoms with van der Waals surface area (Å²) in [4.78, 5) is 25.7. The molecule has 0 aliphatic rings. The molecule has 0 heterocycles. The maximum atomic E-state index is 12.2. The molecule has 4 nitrogen and oxygen atoms in total. The lowest BCUT2D eigenvalue weighted by atomic mass is 10.1. The molecule has 2 aromatic carbocycles. The lowest BCUT2D eigenvalue weighted by Crippen LogP contribution is -2.40. The molecule has 2 aromatic rings. The monoisotopic (exact) mass is 324 g/mol. The summed E-state index contributed by atoms with van der Waals surface area (Å²) in [5.74, 6) is -0.288. The first kappa shape index (κ1) is 17.7. The molecule has 0 saturated heterocycles. The first-order valence-corrected chi connectivity index (χ1v) is 8.13. The third kappa shape index (κ3) is 4.95. The summed E-state index contributed by atoms with van der Waals surface area (Å²) in [6, 6.07) is 15.9. The Labute approximate surface area is 143 Å². The number of benzene rings is 2. The van der Waals surface area contributed by atoms with Crippen LogP contribution >= 0.6 is 0 Å². The molecular weight excluding hydrogens is 300 g/mol. The minimum Gasteiger partial charge on any atom is -0.354 e. The SMILES string of the molecule is CC(=O)N(CC(=O)NCCc1ccccc1)c1cc(C)ccc1C. The molecule has 0 aromatic heterocycles. The number of anilines is 1. The zero-order chi connectivity index (χ0) is 17.5. The molecule has 0 spiro atoms. The van der Waals surface area contributed by atoms with E-state index < -0.39 is 0 Å². The van der Waals surface area contributed by atoms with Crippen molar-refractivity contribution in [1.29, 1.82) is 0 Å². The topological polar surface area (TPSA) is 49.4 Å². The second-order valence-corrected chi connectivity index (χ2v) is 5.98. The molecule has 24 heavy (non-hydrogen) atoms. The van der Waals surface area contributed by atoms with Crippen molar-refractivity contribution >= 4 is 17.5 Å². The van der Waals surface area contributed by atoms with E-state index in [1.807, 2.05) is 62.4 Å². The van der Waals surface area contributed by atoms with Crippen molar-refractivity contribution in [3.8, 4) is 0 Å². The lowest BCUT2D eigenvalue weighted by Gasteiger charge is -2.23. The van der Waals surface area contributed by atoms with Crippen molar-refractivity contribution in [1.82, 2.24) is 5.32 Å². The van der Waals surface area contributed by atoms with E-state index in [1.54, 1.807) is 0 Å². The van der Waals surface area contributed by atoms with Gasteiger partial charge >= 0.3 is 0 Å². The number of nitrogens with one attached hydrogen (secondary N) is 1. The summed E-state index contributed by atoms with van der Waals surface area (Å²) in [6.45, 7) is 5.99. The Kier molecular flexibility index (Phi) is 6.13. The van der Waals surface area contributed by atoms with E-state index in [4.69, 9.17) is 0 Å². The minimum atomic E-state index is -0.151. The Balaban J connectivity index is 1.96. The second-order valence-electron chi connectivity index (χ2n) is 5.98. The molecule has 0 radical (unpaired) electrons. The molecule has 0 atom stereocenters. The number of amides is 2. The van der Waals surface area contributed by atoms with Crippen LogP contribution < -0.4 is 10.2 Å². The fourth-order valence-corrected chi connectivity index (χ4v) is 2.57. The van der Waals surface area contributed by atoms with Crippen LogP contribution in [0.3, 0.4) is 0 Å². The minimum absolute atomic E-state index is 0.0361. The molecule has 0 bridgehead atoms. The molecule has 2 rings (SSSR count).